The van der Waals surface area contributed by atoms with Crippen LogP contribution in [0.4, 0.5) is 21.2 Å². The first-order valence-corrected chi connectivity index (χ1v) is 16.6. The molecule has 4 aliphatic rings. The molecule has 2 saturated carbocycles. The zero-order valence-corrected chi connectivity index (χ0v) is 25.7. The number of carbonyl (C=O) groups excluding carboxylic acids is 2. The van der Waals surface area contributed by atoms with Gasteiger partial charge >= 0.3 is 12.1 Å². The maximum atomic E-state index is 13.8. The fourth-order valence-electron chi connectivity index (χ4n) is 7.87. The van der Waals surface area contributed by atoms with Crippen molar-refractivity contribution in [3.05, 3.63) is 48.8 Å². The summed E-state index contributed by atoms with van der Waals surface area (Å²) in [4.78, 5) is 42.8. The Hall–Kier alpha value is -3.56. The topological polar surface area (TPSA) is 99.4 Å². The molecule has 4 N–H and O–H groups in total. The maximum absolute atomic E-state index is 13.8. The number of H-pyrrole nitrogens is 2. The van der Waals surface area contributed by atoms with E-state index in [4.69, 9.17) is 0 Å². The minimum Gasteiger partial charge on any atom is -0.332 e. The molecule has 0 atom stereocenters. The number of aromatic amines is 2. The SMILES string of the molecule is O=C(NC1(CC2(NC(=O)N3CCN(c4cccc[nH+]4)CC3)CCCCC2)CCCCC1)N1CCN(c2cccc[nH+]2)CC1. The van der Waals surface area contributed by atoms with Gasteiger partial charge in [-0.25, -0.2) is 19.6 Å². The van der Waals surface area contributed by atoms with Crippen LogP contribution in [0.2, 0.25) is 0 Å². The van der Waals surface area contributed by atoms with E-state index >= 15 is 0 Å². The molecule has 43 heavy (non-hydrogen) atoms. The van der Waals surface area contributed by atoms with Gasteiger partial charge in [0.15, 0.2) is 0 Å². The highest BCUT2D eigenvalue weighted by Crippen LogP contribution is 2.41. The molecule has 0 bridgehead atoms. The predicted molar refractivity (Wildman–Crippen MR) is 167 cm³/mol. The summed E-state index contributed by atoms with van der Waals surface area (Å²) in [5.41, 5.74) is -0.543. The summed E-state index contributed by atoms with van der Waals surface area (Å²) in [6.07, 6.45) is 15.6. The van der Waals surface area contributed by atoms with Crippen LogP contribution < -0.4 is 30.4 Å². The quantitative estimate of drug-likeness (QED) is 0.538. The zero-order chi connectivity index (χ0) is 29.5. The Morgan fingerprint density at radius 1 is 0.581 bits per heavy atom. The van der Waals surface area contributed by atoms with Crippen LogP contribution in [0.15, 0.2) is 48.8 Å². The number of hydrogen-bond donors (Lipinski definition) is 2. The second kappa shape index (κ2) is 13.4. The Labute approximate surface area is 256 Å². The second-order valence-corrected chi connectivity index (χ2v) is 13.2. The van der Waals surface area contributed by atoms with Crippen molar-refractivity contribution < 1.29 is 19.6 Å². The molecule has 232 valence electrons. The number of carbonyl (C=O) groups is 2. The Bertz CT molecular complexity index is 1090. The maximum Gasteiger partial charge on any atom is 0.318 e. The minimum atomic E-state index is -0.272. The van der Waals surface area contributed by atoms with E-state index in [1.807, 2.05) is 46.5 Å². The number of aromatic nitrogens is 2. The average molecular weight is 591 g/mol. The number of rotatable bonds is 6. The van der Waals surface area contributed by atoms with Gasteiger partial charge in [0, 0.05) is 23.2 Å². The van der Waals surface area contributed by atoms with E-state index in [1.54, 1.807) is 0 Å². The van der Waals surface area contributed by atoms with Gasteiger partial charge < -0.3 is 20.4 Å². The van der Waals surface area contributed by atoms with Crippen molar-refractivity contribution in [1.82, 2.24) is 20.4 Å². The van der Waals surface area contributed by atoms with Gasteiger partial charge in [-0.05, 0) is 44.2 Å². The molecule has 4 fully saturated rings. The van der Waals surface area contributed by atoms with Crippen molar-refractivity contribution in [2.45, 2.75) is 81.7 Å². The van der Waals surface area contributed by atoms with Crippen LogP contribution in [0.25, 0.3) is 0 Å². The molecule has 0 spiro atoms. The Morgan fingerprint density at radius 3 is 1.33 bits per heavy atom. The number of piperazine rings is 2. The molecule has 2 aromatic heterocycles. The summed E-state index contributed by atoms with van der Waals surface area (Å²) in [6.45, 7) is 6.09. The summed E-state index contributed by atoms with van der Waals surface area (Å²) in [5, 5.41) is 7.18. The first-order valence-electron chi connectivity index (χ1n) is 16.6. The first-order chi connectivity index (χ1) is 21.0. The normalized spacial score (nSPS) is 22.1. The largest absolute Gasteiger partial charge is 0.332 e. The van der Waals surface area contributed by atoms with E-state index in [1.165, 1.54) is 12.8 Å². The Balaban J connectivity index is 1.09. The molecule has 0 aromatic carbocycles. The average Bonchev–Trinajstić information content (AvgIpc) is 3.06. The smallest absolute Gasteiger partial charge is 0.318 e. The van der Waals surface area contributed by atoms with E-state index in [0.717, 1.165) is 95.6 Å². The number of pyridine rings is 2. The van der Waals surface area contributed by atoms with Gasteiger partial charge in [0.2, 0.25) is 0 Å². The highest BCUT2D eigenvalue weighted by atomic mass is 16.2. The van der Waals surface area contributed by atoms with Gasteiger partial charge in [0.1, 0.15) is 26.2 Å². The van der Waals surface area contributed by atoms with E-state index in [2.05, 4.69) is 42.5 Å². The first kappa shape index (κ1) is 29.5. The molecule has 0 unspecified atom stereocenters. The minimum absolute atomic E-state index is 0.0599. The van der Waals surface area contributed by atoms with Crippen molar-refractivity contribution in [2.75, 3.05) is 62.2 Å². The summed E-state index contributed by atoms with van der Waals surface area (Å²) < 4.78 is 0. The van der Waals surface area contributed by atoms with E-state index in [-0.39, 0.29) is 23.1 Å². The van der Waals surface area contributed by atoms with Crippen molar-refractivity contribution >= 4 is 23.7 Å². The molecule has 2 aliphatic carbocycles. The molecule has 10 nitrogen and oxygen atoms in total. The summed E-state index contributed by atoms with van der Waals surface area (Å²) >= 11 is 0. The van der Waals surface area contributed by atoms with Crippen molar-refractivity contribution in [3.63, 3.8) is 0 Å². The van der Waals surface area contributed by atoms with Gasteiger partial charge in [-0.15, -0.1) is 0 Å². The lowest BCUT2D eigenvalue weighted by Gasteiger charge is -2.49. The molecular weight excluding hydrogens is 540 g/mol. The van der Waals surface area contributed by atoms with Crippen LogP contribution in [-0.2, 0) is 0 Å². The molecule has 6 rings (SSSR count). The van der Waals surface area contributed by atoms with E-state index < -0.39 is 0 Å². The third-order valence-corrected chi connectivity index (χ3v) is 10.2. The lowest BCUT2D eigenvalue weighted by Crippen LogP contribution is -2.64. The van der Waals surface area contributed by atoms with Gasteiger partial charge in [0.25, 0.3) is 11.6 Å². The van der Waals surface area contributed by atoms with Crippen molar-refractivity contribution in [2.24, 2.45) is 0 Å². The van der Waals surface area contributed by atoms with Crippen LogP contribution in [-0.4, -0.2) is 85.3 Å². The fourth-order valence-corrected chi connectivity index (χ4v) is 7.87. The lowest BCUT2D eigenvalue weighted by molar-refractivity contribution is -0.364. The number of hydrogen-bond acceptors (Lipinski definition) is 4. The lowest BCUT2D eigenvalue weighted by atomic mass is 9.68. The second-order valence-electron chi connectivity index (χ2n) is 13.2. The molecule has 2 saturated heterocycles. The van der Waals surface area contributed by atoms with Crippen LogP contribution in [0.1, 0.15) is 70.6 Å². The van der Waals surface area contributed by atoms with Gasteiger partial charge in [-0.3, -0.25) is 9.80 Å². The highest BCUT2D eigenvalue weighted by molar-refractivity contribution is 5.76. The molecule has 2 aliphatic heterocycles. The van der Waals surface area contributed by atoms with Crippen molar-refractivity contribution in [1.29, 1.82) is 0 Å². The molecule has 2 aromatic rings. The van der Waals surface area contributed by atoms with Gasteiger partial charge in [-0.2, -0.15) is 0 Å². The third-order valence-electron chi connectivity index (χ3n) is 10.2. The number of amides is 4. The van der Waals surface area contributed by atoms with E-state index in [9.17, 15) is 9.59 Å². The molecule has 0 radical (unpaired) electrons. The number of anilines is 2. The number of nitrogens with zero attached hydrogens (tertiary/aromatic N) is 4. The van der Waals surface area contributed by atoms with Crippen molar-refractivity contribution in [3.8, 4) is 0 Å². The summed E-state index contributed by atoms with van der Waals surface area (Å²) in [5.74, 6) is 2.20. The van der Waals surface area contributed by atoms with Gasteiger partial charge in [-0.1, -0.05) is 50.7 Å². The number of urea groups is 2. The summed E-state index contributed by atoms with van der Waals surface area (Å²) in [7, 11) is 0. The van der Waals surface area contributed by atoms with Crippen LogP contribution >= 0.6 is 0 Å². The molecule has 4 heterocycles. The number of nitrogens with one attached hydrogen (secondary N) is 4. The summed E-state index contributed by atoms with van der Waals surface area (Å²) in [6, 6.07) is 12.4. The van der Waals surface area contributed by atoms with Crippen LogP contribution in [0.5, 0.6) is 0 Å². The zero-order valence-electron chi connectivity index (χ0n) is 25.7. The Kier molecular flexibility index (Phi) is 9.19. The van der Waals surface area contributed by atoms with Crippen LogP contribution in [0, 0.1) is 0 Å². The monoisotopic (exact) mass is 590 g/mol. The van der Waals surface area contributed by atoms with Crippen LogP contribution in [0.3, 0.4) is 0 Å². The molecular formula is C33H50N8O2+2. The molecule has 10 heteroatoms. The Morgan fingerprint density at radius 2 is 0.977 bits per heavy atom. The predicted octanol–water partition coefficient (Wildman–Crippen LogP) is 3.47. The van der Waals surface area contributed by atoms with Gasteiger partial charge in [0.05, 0.1) is 38.6 Å². The standard InChI is InChI=1S/C33H48N8O2/c42-30(40-23-19-38(20-24-40)28-11-3-9-17-34-28)36-32(13-5-1-6-14-32)27-33(15-7-2-8-16-33)37-31(43)41-25-21-39(22-26-41)29-12-4-10-18-35-29/h3-4,9-12,17-18H,1-2,5-8,13-16,19-27H2,(H,36,42)(H,37,43)/p+2. The highest BCUT2D eigenvalue weighted by Gasteiger charge is 2.45. The molecule has 4 amide bonds. The fraction of sp³-hybridized carbons (Fsp3) is 0.636. The van der Waals surface area contributed by atoms with E-state index in [0.29, 0.717) is 26.2 Å². The third kappa shape index (κ3) is 7.16.